The summed E-state index contributed by atoms with van der Waals surface area (Å²) in [4.78, 5) is 2.67. The van der Waals surface area contributed by atoms with Crippen molar-refractivity contribution in [3.8, 4) is 0 Å². The molecule has 0 aromatic carbocycles. The van der Waals surface area contributed by atoms with Crippen molar-refractivity contribution in [3.05, 3.63) is 23.7 Å². The molecule has 0 saturated carbocycles. The van der Waals surface area contributed by atoms with Crippen LogP contribution in [0.2, 0.25) is 0 Å². The van der Waals surface area contributed by atoms with Crippen molar-refractivity contribution in [1.29, 1.82) is 0 Å². The lowest BCUT2D eigenvalue weighted by Crippen LogP contribution is -2.48. The molecule has 3 atom stereocenters. The zero-order chi connectivity index (χ0) is 13.2. The van der Waals surface area contributed by atoms with E-state index in [1.807, 2.05) is 6.26 Å². The summed E-state index contributed by atoms with van der Waals surface area (Å²) in [6.07, 6.45) is 9.38. The monoisotopic (exact) mass is 262 g/mol. The predicted octanol–water partition coefficient (Wildman–Crippen LogP) is 3.11. The second kappa shape index (κ2) is 5.68. The molecule has 2 heterocycles. The molecule has 3 nitrogen and oxygen atoms in total. The first-order valence-electron chi connectivity index (χ1n) is 7.85. The number of likely N-dealkylation sites (tertiary alicyclic amines) is 1. The molecule has 1 aromatic heterocycles. The first-order chi connectivity index (χ1) is 9.33. The van der Waals surface area contributed by atoms with Crippen molar-refractivity contribution in [3.63, 3.8) is 0 Å². The Labute approximate surface area is 116 Å². The van der Waals surface area contributed by atoms with Crippen LogP contribution in [0.5, 0.6) is 0 Å². The van der Waals surface area contributed by atoms with Crippen molar-refractivity contribution in [2.75, 3.05) is 13.1 Å². The van der Waals surface area contributed by atoms with Gasteiger partial charge in [-0.15, -0.1) is 0 Å². The van der Waals surface area contributed by atoms with E-state index in [0.29, 0.717) is 12.1 Å². The van der Waals surface area contributed by atoms with Gasteiger partial charge in [-0.1, -0.05) is 13.3 Å². The number of piperidine rings is 1. The molecule has 1 aromatic rings. The first-order valence-corrected chi connectivity index (χ1v) is 7.85. The van der Waals surface area contributed by atoms with Gasteiger partial charge in [0, 0.05) is 30.6 Å². The van der Waals surface area contributed by atoms with Gasteiger partial charge < -0.3 is 10.2 Å². The molecule has 0 bridgehead atoms. The van der Waals surface area contributed by atoms with E-state index in [1.54, 1.807) is 0 Å². The van der Waals surface area contributed by atoms with E-state index in [0.717, 1.165) is 18.9 Å². The Morgan fingerprint density at radius 1 is 1.42 bits per heavy atom. The summed E-state index contributed by atoms with van der Waals surface area (Å²) in [7, 11) is 0. The van der Waals surface area contributed by atoms with Gasteiger partial charge in [-0.05, 0) is 44.2 Å². The van der Waals surface area contributed by atoms with Crippen molar-refractivity contribution >= 4 is 0 Å². The van der Waals surface area contributed by atoms with Crippen LogP contribution in [0.4, 0.5) is 0 Å². The van der Waals surface area contributed by atoms with Crippen LogP contribution >= 0.6 is 0 Å². The number of fused-ring (bicyclic) bond motifs is 1. The maximum absolute atomic E-state index is 6.05. The maximum atomic E-state index is 6.05. The van der Waals surface area contributed by atoms with Crippen molar-refractivity contribution in [2.24, 2.45) is 11.7 Å². The second-order valence-corrected chi connectivity index (χ2v) is 6.13. The van der Waals surface area contributed by atoms with Gasteiger partial charge in [-0.25, -0.2) is 0 Å². The van der Waals surface area contributed by atoms with Crippen LogP contribution in [-0.2, 0) is 6.42 Å². The molecule has 3 unspecified atom stereocenters. The van der Waals surface area contributed by atoms with E-state index < -0.39 is 0 Å². The predicted molar refractivity (Wildman–Crippen MR) is 77.0 cm³/mol. The Kier molecular flexibility index (Phi) is 3.94. The van der Waals surface area contributed by atoms with E-state index in [4.69, 9.17) is 10.2 Å². The average molecular weight is 262 g/mol. The van der Waals surface area contributed by atoms with Crippen molar-refractivity contribution < 1.29 is 4.42 Å². The molecule has 0 spiro atoms. The fourth-order valence-corrected chi connectivity index (χ4v) is 3.97. The molecular formula is C16H26N2O. The zero-order valence-electron chi connectivity index (χ0n) is 12.0. The summed E-state index contributed by atoms with van der Waals surface area (Å²) in [5, 5.41) is 0. The first kappa shape index (κ1) is 13.2. The molecule has 2 aliphatic rings. The molecule has 0 amide bonds. The number of nitrogens with two attached hydrogens (primary N) is 1. The van der Waals surface area contributed by atoms with Crippen LogP contribution in [0.3, 0.4) is 0 Å². The number of nitrogens with zero attached hydrogens (tertiary/aromatic N) is 1. The third kappa shape index (κ3) is 2.46. The number of hydrogen-bond acceptors (Lipinski definition) is 3. The number of hydrogen-bond donors (Lipinski definition) is 1. The third-order valence-electron chi connectivity index (χ3n) is 5.14. The van der Waals surface area contributed by atoms with Crippen LogP contribution in [-0.4, -0.2) is 24.0 Å². The smallest absolute Gasteiger partial charge is 0.108 e. The van der Waals surface area contributed by atoms with Crippen LogP contribution in [0.1, 0.15) is 56.4 Å². The van der Waals surface area contributed by atoms with Crippen LogP contribution in [0.15, 0.2) is 16.7 Å². The maximum Gasteiger partial charge on any atom is 0.108 e. The third-order valence-corrected chi connectivity index (χ3v) is 5.14. The second-order valence-electron chi connectivity index (χ2n) is 6.13. The minimum Gasteiger partial charge on any atom is -0.469 e. The summed E-state index contributed by atoms with van der Waals surface area (Å²) >= 11 is 0. The lowest BCUT2D eigenvalue weighted by atomic mass is 9.84. The molecule has 2 N–H and O–H groups in total. The average Bonchev–Trinajstić information content (AvgIpc) is 2.95. The highest BCUT2D eigenvalue weighted by molar-refractivity contribution is 5.24. The van der Waals surface area contributed by atoms with E-state index in [-0.39, 0.29) is 0 Å². The molecule has 1 aliphatic heterocycles. The van der Waals surface area contributed by atoms with E-state index in [1.165, 1.54) is 50.0 Å². The highest BCUT2D eigenvalue weighted by Crippen LogP contribution is 2.39. The highest BCUT2D eigenvalue weighted by atomic mass is 16.3. The normalized spacial score (nSPS) is 32.2. The summed E-state index contributed by atoms with van der Waals surface area (Å²) in [6, 6.07) is 3.29. The fourth-order valence-electron chi connectivity index (χ4n) is 3.97. The number of furan rings is 1. The molecule has 3 heteroatoms. The number of aryl methyl sites for hydroxylation is 1. The Morgan fingerprint density at radius 3 is 3.11 bits per heavy atom. The molecule has 0 radical (unpaired) electrons. The van der Waals surface area contributed by atoms with Crippen molar-refractivity contribution in [2.45, 2.75) is 57.5 Å². The lowest BCUT2D eigenvalue weighted by molar-refractivity contribution is 0.0605. The number of rotatable bonds is 3. The minimum atomic E-state index is 0.550. The Bertz CT molecular complexity index is 415. The van der Waals surface area contributed by atoms with Gasteiger partial charge in [0.1, 0.15) is 5.76 Å². The zero-order valence-corrected chi connectivity index (χ0v) is 12.0. The summed E-state index contributed by atoms with van der Waals surface area (Å²) in [5.74, 6) is 2.09. The Balaban J connectivity index is 1.79. The highest BCUT2D eigenvalue weighted by Gasteiger charge is 2.35. The van der Waals surface area contributed by atoms with Crippen LogP contribution < -0.4 is 5.73 Å². The Hall–Kier alpha value is -0.800. The van der Waals surface area contributed by atoms with Crippen LogP contribution in [0, 0.1) is 5.92 Å². The summed E-state index contributed by atoms with van der Waals surface area (Å²) in [5.41, 5.74) is 7.48. The molecule has 1 aliphatic carbocycles. The molecule has 19 heavy (non-hydrogen) atoms. The SMILES string of the molecule is CCC1CCN(C2CCCc3occc32)C(CN)C1. The minimum absolute atomic E-state index is 0.550. The largest absolute Gasteiger partial charge is 0.469 e. The molecule has 106 valence electrons. The quantitative estimate of drug-likeness (QED) is 0.910. The van der Waals surface area contributed by atoms with Gasteiger partial charge in [0.2, 0.25) is 0 Å². The van der Waals surface area contributed by atoms with Crippen LogP contribution in [0.25, 0.3) is 0 Å². The van der Waals surface area contributed by atoms with Gasteiger partial charge in [-0.3, -0.25) is 4.90 Å². The Morgan fingerprint density at radius 2 is 2.32 bits per heavy atom. The van der Waals surface area contributed by atoms with Crippen molar-refractivity contribution in [1.82, 2.24) is 4.90 Å². The molecule has 1 saturated heterocycles. The van der Waals surface area contributed by atoms with Gasteiger partial charge in [-0.2, -0.15) is 0 Å². The van der Waals surface area contributed by atoms with Gasteiger partial charge in [0.05, 0.1) is 6.26 Å². The molecule has 3 rings (SSSR count). The van der Waals surface area contributed by atoms with E-state index in [2.05, 4.69) is 17.9 Å². The topological polar surface area (TPSA) is 42.4 Å². The molecule has 1 fully saturated rings. The standard InChI is InChI=1S/C16H26N2O/c1-2-12-6-8-18(13(10-12)11-17)15-4-3-5-16-14(15)7-9-19-16/h7,9,12-13,15H,2-6,8,10-11,17H2,1H3. The summed E-state index contributed by atoms with van der Waals surface area (Å²) in [6.45, 7) is 4.30. The fraction of sp³-hybridized carbons (Fsp3) is 0.750. The lowest BCUT2D eigenvalue weighted by Gasteiger charge is -2.44. The van der Waals surface area contributed by atoms with Gasteiger partial charge in [0.15, 0.2) is 0 Å². The van der Waals surface area contributed by atoms with Gasteiger partial charge in [0.25, 0.3) is 0 Å². The molecular weight excluding hydrogens is 236 g/mol. The van der Waals surface area contributed by atoms with E-state index in [9.17, 15) is 0 Å². The summed E-state index contributed by atoms with van der Waals surface area (Å²) < 4.78 is 5.63. The van der Waals surface area contributed by atoms with E-state index >= 15 is 0 Å². The van der Waals surface area contributed by atoms with Gasteiger partial charge >= 0.3 is 0 Å².